The number of rotatable bonds is 4. The quantitative estimate of drug-likeness (QED) is 0.725. The van der Waals surface area contributed by atoms with Crippen LogP contribution in [0.1, 0.15) is 12.5 Å². The van der Waals surface area contributed by atoms with Crippen LogP contribution in [0.3, 0.4) is 0 Å². The molecule has 0 saturated carbocycles. The molecule has 0 bridgehead atoms. The molecule has 1 unspecified atom stereocenters. The topological polar surface area (TPSA) is 46.2 Å². The zero-order chi connectivity index (χ0) is 10.4. The third-order valence-corrected chi connectivity index (χ3v) is 2.03. The van der Waals surface area contributed by atoms with E-state index in [0.29, 0.717) is 12.8 Å². The summed E-state index contributed by atoms with van der Waals surface area (Å²) in [5.74, 6) is -0.411. The second-order valence-electron chi connectivity index (χ2n) is 3.22. The van der Waals surface area contributed by atoms with Crippen LogP contribution in [0, 0.1) is 5.92 Å². The Kier molecular flexibility index (Phi) is 3.85. The Hall–Kier alpha value is -1.64. The molecule has 0 saturated heterocycles. The van der Waals surface area contributed by atoms with E-state index in [1.807, 2.05) is 30.3 Å². The van der Waals surface area contributed by atoms with Crippen molar-refractivity contribution < 1.29 is 9.59 Å². The molecule has 3 nitrogen and oxygen atoms in total. The summed E-state index contributed by atoms with van der Waals surface area (Å²) in [4.78, 5) is 21.2. The number of nitrogens with one attached hydrogen (secondary N) is 1. The lowest BCUT2D eigenvalue weighted by Crippen LogP contribution is -2.28. The Labute approximate surface area is 83.1 Å². The molecule has 2 amide bonds. The third kappa shape index (κ3) is 3.01. The highest BCUT2D eigenvalue weighted by Gasteiger charge is 2.11. The van der Waals surface area contributed by atoms with Crippen molar-refractivity contribution in [3.8, 4) is 0 Å². The molecular formula is C11H13NO2. The summed E-state index contributed by atoms with van der Waals surface area (Å²) >= 11 is 0. The van der Waals surface area contributed by atoms with Gasteiger partial charge in [0.25, 0.3) is 0 Å². The Morgan fingerprint density at radius 2 is 2.07 bits per heavy atom. The molecule has 74 valence electrons. The van der Waals surface area contributed by atoms with E-state index in [-0.39, 0.29) is 11.8 Å². The van der Waals surface area contributed by atoms with Gasteiger partial charge in [-0.3, -0.25) is 14.9 Å². The van der Waals surface area contributed by atoms with Gasteiger partial charge in [-0.05, 0) is 12.0 Å². The minimum Gasteiger partial charge on any atom is -0.299 e. The minimum atomic E-state index is -0.233. The molecule has 0 aliphatic carbocycles. The first kappa shape index (κ1) is 10.4. The summed E-state index contributed by atoms with van der Waals surface area (Å²) in [7, 11) is 0. The van der Waals surface area contributed by atoms with Crippen molar-refractivity contribution in [2.45, 2.75) is 13.3 Å². The van der Waals surface area contributed by atoms with Crippen molar-refractivity contribution in [1.29, 1.82) is 0 Å². The molecule has 0 aliphatic heterocycles. The van der Waals surface area contributed by atoms with Gasteiger partial charge in [-0.15, -0.1) is 0 Å². The fourth-order valence-corrected chi connectivity index (χ4v) is 1.26. The van der Waals surface area contributed by atoms with Crippen molar-refractivity contribution >= 4 is 12.3 Å². The number of carbonyl (C=O) groups excluding carboxylic acids is 2. The molecule has 14 heavy (non-hydrogen) atoms. The predicted molar refractivity (Wildman–Crippen MR) is 53.5 cm³/mol. The van der Waals surface area contributed by atoms with E-state index in [0.717, 1.165) is 5.56 Å². The van der Waals surface area contributed by atoms with E-state index in [9.17, 15) is 9.59 Å². The number of benzene rings is 1. The van der Waals surface area contributed by atoms with Gasteiger partial charge in [-0.25, -0.2) is 0 Å². The van der Waals surface area contributed by atoms with Crippen LogP contribution in [0.5, 0.6) is 0 Å². The summed E-state index contributed by atoms with van der Waals surface area (Å²) < 4.78 is 0. The molecule has 1 rings (SSSR count). The molecular weight excluding hydrogens is 178 g/mol. The fraction of sp³-hybridized carbons (Fsp3) is 0.273. The normalized spacial score (nSPS) is 11.8. The van der Waals surface area contributed by atoms with Crippen molar-refractivity contribution in [2.75, 3.05) is 0 Å². The van der Waals surface area contributed by atoms with Crippen LogP contribution in [0.2, 0.25) is 0 Å². The maximum absolute atomic E-state index is 11.2. The zero-order valence-electron chi connectivity index (χ0n) is 8.07. The first-order valence-corrected chi connectivity index (χ1v) is 4.52. The summed E-state index contributed by atoms with van der Waals surface area (Å²) in [5, 5.41) is 2.15. The Bertz CT molecular complexity index is 308. The van der Waals surface area contributed by atoms with E-state index < -0.39 is 0 Å². The Morgan fingerprint density at radius 1 is 1.43 bits per heavy atom. The highest BCUT2D eigenvalue weighted by molar-refractivity contribution is 5.87. The van der Waals surface area contributed by atoms with Gasteiger partial charge < -0.3 is 0 Å². The van der Waals surface area contributed by atoms with Crippen LogP contribution in [-0.4, -0.2) is 12.3 Å². The number of hydrogen-bond acceptors (Lipinski definition) is 2. The number of imide groups is 1. The van der Waals surface area contributed by atoms with Crippen molar-refractivity contribution in [1.82, 2.24) is 5.32 Å². The van der Waals surface area contributed by atoms with Crippen LogP contribution >= 0.6 is 0 Å². The van der Waals surface area contributed by atoms with Crippen molar-refractivity contribution in [3.63, 3.8) is 0 Å². The summed E-state index contributed by atoms with van der Waals surface area (Å²) in [6, 6.07) is 9.72. The predicted octanol–water partition coefficient (Wildman–Crippen LogP) is 1.14. The number of carbonyl (C=O) groups is 2. The van der Waals surface area contributed by atoms with Gasteiger partial charge in [0.15, 0.2) is 0 Å². The largest absolute Gasteiger partial charge is 0.299 e. The van der Waals surface area contributed by atoms with Gasteiger partial charge in [-0.1, -0.05) is 37.3 Å². The highest BCUT2D eigenvalue weighted by Crippen LogP contribution is 2.07. The van der Waals surface area contributed by atoms with Crippen LogP contribution in [0.4, 0.5) is 0 Å². The van der Waals surface area contributed by atoms with Gasteiger partial charge >= 0.3 is 0 Å². The second-order valence-corrected chi connectivity index (χ2v) is 3.22. The number of amides is 2. The standard InChI is InChI=1S/C11H13NO2/c1-9(11(14)12-8-13)7-10-5-3-2-4-6-10/h2-6,8-9H,7H2,1H3,(H,12,13,14). The lowest BCUT2D eigenvalue weighted by Gasteiger charge is -2.08. The first-order valence-electron chi connectivity index (χ1n) is 4.52. The molecule has 0 aliphatic rings. The van der Waals surface area contributed by atoms with E-state index >= 15 is 0 Å². The Balaban J connectivity index is 2.52. The average molecular weight is 191 g/mol. The fourth-order valence-electron chi connectivity index (χ4n) is 1.26. The molecule has 0 heterocycles. The Morgan fingerprint density at radius 3 is 2.64 bits per heavy atom. The van der Waals surface area contributed by atoms with Crippen molar-refractivity contribution in [3.05, 3.63) is 35.9 Å². The molecule has 0 aromatic heterocycles. The maximum Gasteiger partial charge on any atom is 0.229 e. The summed E-state index contributed by atoms with van der Waals surface area (Å²) in [6.45, 7) is 1.80. The van der Waals surface area contributed by atoms with Crippen LogP contribution in [0.15, 0.2) is 30.3 Å². The molecule has 0 fully saturated rings. The molecule has 1 aromatic rings. The van der Waals surface area contributed by atoms with Gasteiger partial charge in [0.1, 0.15) is 0 Å². The second kappa shape index (κ2) is 5.17. The smallest absolute Gasteiger partial charge is 0.229 e. The van der Waals surface area contributed by atoms with E-state index in [4.69, 9.17) is 0 Å². The molecule has 1 aromatic carbocycles. The monoisotopic (exact) mass is 191 g/mol. The summed E-state index contributed by atoms with van der Waals surface area (Å²) in [6.07, 6.45) is 1.07. The van der Waals surface area contributed by atoms with E-state index in [1.54, 1.807) is 6.92 Å². The zero-order valence-corrected chi connectivity index (χ0v) is 8.07. The lowest BCUT2D eigenvalue weighted by atomic mass is 10.0. The SMILES string of the molecule is CC(Cc1ccccc1)C(=O)NC=O. The van der Waals surface area contributed by atoms with Gasteiger partial charge in [0, 0.05) is 5.92 Å². The summed E-state index contributed by atoms with van der Waals surface area (Å²) in [5.41, 5.74) is 1.10. The van der Waals surface area contributed by atoms with Gasteiger partial charge in [-0.2, -0.15) is 0 Å². The minimum absolute atomic E-state index is 0.178. The van der Waals surface area contributed by atoms with Crippen LogP contribution < -0.4 is 5.32 Å². The number of hydrogen-bond donors (Lipinski definition) is 1. The van der Waals surface area contributed by atoms with E-state index in [1.165, 1.54) is 0 Å². The van der Waals surface area contributed by atoms with E-state index in [2.05, 4.69) is 5.32 Å². The molecule has 0 spiro atoms. The van der Waals surface area contributed by atoms with Crippen LogP contribution in [0.25, 0.3) is 0 Å². The molecule has 3 heteroatoms. The van der Waals surface area contributed by atoms with Gasteiger partial charge in [0.2, 0.25) is 12.3 Å². The molecule has 1 atom stereocenters. The highest BCUT2D eigenvalue weighted by atomic mass is 16.2. The molecule has 1 N–H and O–H groups in total. The lowest BCUT2D eigenvalue weighted by molar-refractivity contribution is -0.128. The average Bonchev–Trinajstić information content (AvgIpc) is 2.19. The third-order valence-electron chi connectivity index (χ3n) is 2.03. The first-order chi connectivity index (χ1) is 6.74. The van der Waals surface area contributed by atoms with Gasteiger partial charge in [0.05, 0.1) is 0 Å². The van der Waals surface area contributed by atoms with Crippen LogP contribution in [-0.2, 0) is 16.0 Å². The molecule has 0 radical (unpaired) electrons. The van der Waals surface area contributed by atoms with Crippen molar-refractivity contribution in [2.24, 2.45) is 5.92 Å². The maximum atomic E-state index is 11.2.